The number of nitrogens with zero attached hydrogens (tertiary/aromatic N) is 3. The van der Waals surface area contributed by atoms with Crippen molar-refractivity contribution >= 4 is 45.1 Å². The van der Waals surface area contributed by atoms with Gasteiger partial charge >= 0.3 is 6.03 Å². The van der Waals surface area contributed by atoms with Gasteiger partial charge in [0.15, 0.2) is 0 Å². The number of amides is 4. The largest absolute Gasteiger partial charge is 0.326 e. The minimum Gasteiger partial charge on any atom is -0.326 e. The first-order chi connectivity index (χ1) is 14.0. The zero-order valence-electron chi connectivity index (χ0n) is 15.9. The van der Waals surface area contributed by atoms with Gasteiger partial charge in [-0.05, 0) is 42.8 Å². The molecule has 148 valence electrons. The van der Waals surface area contributed by atoms with Gasteiger partial charge in [-0.15, -0.1) is 11.3 Å². The number of fused-ring (bicyclic) bond motifs is 1. The van der Waals surface area contributed by atoms with Gasteiger partial charge in [0, 0.05) is 31.3 Å². The quantitative estimate of drug-likeness (QED) is 0.632. The van der Waals surface area contributed by atoms with E-state index in [0.717, 1.165) is 20.8 Å². The van der Waals surface area contributed by atoms with Gasteiger partial charge in [0.05, 0.1) is 10.2 Å². The van der Waals surface area contributed by atoms with E-state index in [-0.39, 0.29) is 37.4 Å². The highest BCUT2D eigenvalue weighted by Gasteiger charge is 2.32. The Labute approximate surface area is 171 Å². The maximum atomic E-state index is 12.2. The van der Waals surface area contributed by atoms with Crippen molar-refractivity contribution in [3.8, 4) is 10.6 Å². The van der Waals surface area contributed by atoms with Crippen molar-refractivity contribution in [2.24, 2.45) is 0 Å². The van der Waals surface area contributed by atoms with Crippen LogP contribution in [0.5, 0.6) is 0 Å². The summed E-state index contributed by atoms with van der Waals surface area (Å²) in [6.07, 6.45) is 0.668. The average Bonchev–Trinajstić information content (AvgIpc) is 3.24. The molecular formula is C21H20N4O3S. The number of hydrogen-bond acceptors (Lipinski definition) is 5. The van der Waals surface area contributed by atoms with Crippen LogP contribution in [0.1, 0.15) is 12.8 Å². The molecule has 4 amide bonds. The molecule has 2 aromatic carbocycles. The molecule has 0 unspecified atom stereocenters. The fourth-order valence-electron chi connectivity index (χ4n) is 3.20. The zero-order chi connectivity index (χ0) is 20.4. The number of para-hydroxylation sites is 1. The van der Waals surface area contributed by atoms with Gasteiger partial charge in [0.2, 0.25) is 11.8 Å². The minimum atomic E-state index is -0.305. The fraction of sp³-hybridized carbons (Fsp3) is 0.238. The molecular weight excluding hydrogens is 388 g/mol. The summed E-state index contributed by atoms with van der Waals surface area (Å²) >= 11 is 1.63. The highest BCUT2D eigenvalue weighted by molar-refractivity contribution is 7.21. The number of carbonyl (C=O) groups excluding carboxylic acids is 3. The fourth-order valence-corrected chi connectivity index (χ4v) is 4.17. The summed E-state index contributed by atoms with van der Waals surface area (Å²) < 4.78 is 1.14. The summed E-state index contributed by atoms with van der Waals surface area (Å²) in [5.74, 6) is -0.367. The van der Waals surface area contributed by atoms with Crippen molar-refractivity contribution in [1.82, 2.24) is 14.8 Å². The maximum Gasteiger partial charge on any atom is 0.326 e. The van der Waals surface area contributed by atoms with Crippen molar-refractivity contribution in [3.63, 3.8) is 0 Å². The lowest BCUT2D eigenvalue weighted by molar-refractivity contribution is -0.125. The second-order valence-electron chi connectivity index (χ2n) is 6.90. The Morgan fingerprint density at radius 2 is 1.90 bits per heavy atom. The molecule has 0 bridgehead atoms. The molecule has 1 saturated heterocycles. The molecule has 0 saturated carbocycles. The van der Waals surface area contributed by atoms with Gasteiger partial charge in [-0.2, -0.15) is 0 Å². The molecule has 8 heteroatoms. The van der Waals surface area contributed by atoms with Gasteiger partial charge < -0.3 is 10.2 Å². The topological polar surface area (TPSA) is 82.6 Å². The molecule has 0 atom stereocenters. The van der Waals surface area contributed by atoms with Crippen LogP contribution in [0.4, 0.5) is 10.5 Å². The molecule has 0 spiro atoms. The molecule has 2 heterocycles. The van der Waals surface area contributed by atoms with Crippen LogP contribution in [0.15, 0.2) is 48.5 Å². The van der Waals surface area contributed by atoms with E-state index in [1.807, 2.05) is 48.5 Å². The van der Waals surface area contributed by atoms with Crippen molar-refractivity contribution < 1.29 is 14.4 Å². The van der Waals surface area contributed by atoms with E-state index < -0.39 is 0 Å². The third-order valence-corrected chi connectivity index (χ3v) is 5.81. The lowest BCUT2D eigenvalue weighted by Crippen LogP contribution is -2.32. The predicted octanol–water partition coefficient (Wildman–Crippen LogP) is 3.58. The van der Waals surface area contributed by atoms with Gasteiger partial charge in [0.1, 0.15) is 11.6 Å². The second kappa shape index (κ2) is 8.00. The smallest absolute Gasteiger partial charge is 0.326 e. The zero-order valence-corrected chi connectivity index (χ0v) is 16.7. The first kappa shape index (κ1) is 19.1. The Morgan fingerprint density at radius 1 is 1.14 bits per heavy atom. The van der Waals surface area contributed by atoms with E-state index in [1.165, 1.54) is 9.80 Å². The standard InChI is InChI=1S/C21H20N4O3S/c1-24-13-19(27)25(21(24)28)12-4-7-18(26)22-15-10-8-14(9-11-15)20-23-16-5-2-3-6-17(16)29-20/h2-3,5-6,8-11H,4,7,12-13H2,1H3,(H,22,26). The summed E-state index contributed by atoms with van der Waals surface area (Å²) in [4.78, 5) is 42.9. The van der Waals surface area contributed by atoms with Gasteiger partial charge in [-0.25, -0.2) is 9.78 Å². The normalized spacial score (nSPS) is 14.1. The number of imide groups is 1. The molecule has 1 aliphatic rings. The summed E-state index contributed by atoms with van der Waals surface area (Å²) in [6, 6.07) is 15.3. The van der Waals surface area contributed by atoms with Crippen LogP contribution in [0.2, 0.25) is 0 Å². The maximum absolute atomic E-state index is 12.2. The number of nitrogens with one attached hydrogen (secondary N) is 1. The Morgan fingerprint density at radius 3 is 2.59 bits per heavy atom. The molecule has 7 nitrogen and oxygen atoms in total. The lowest BCUT2D eigenvalue weighted by atomic mass is 10.2. The molecule has 1 N–H and O–H groups in total. The highest BCUT2D eigenvalue weighted by atomic mass is 32.1. The van der Waals surface area contributed by atoms with Gasteiger partial charge in [0.25, 0.3) is 0 Å². The lowest BCUT2D eigenvalue weighted by Gasteiger charge is -2.13. The van der Waals surface area contributed by atoms with E-state index in [9.17, 15) is 14.4 Å². The third kappa shape index (κ3) is 4.12. The Hall–Kier alpha value is -3.26. The van der Waals surface area contributed by atoms with E-state index in [1.54, 1.807) is 18.4 Å². The molecule has 0 radical (unpaired) electrons. The van der Waals surface area contributed by atoms with Crippen LogP contribution in [0.3, 0.4) is 0 Å². The minimum absolute atomic E-state index is 0.103. The summed E-state index contributed by atoms with van der Waals surface area (Å²) in [5.41, 5.74) is 2.68. The number of rotatable bonds is 6. The monoisotopic (exact) mass is 408 g/mol. The first-order valence-corrected chi connectivity index (χ1v) is 10.1. The number of likely N-dealkylation sites (N-methyl/N-ethyl adjacent to an activating group) is 1. The molecule has 1 fully saturated rings. The van der Waals surface area contributed by atoms with E-state index in [2.05, 4.69) is 10.3 Å². The van der Waals surface area contributed by atoms with Crippen LogP contribution in [0.25, 0.3) is 20.8 Å². The number of benzene rings is 2. The summed E-state index contributed by atoms with van der Waals surface area (Å²) in [5, 5.41) is 3.79. The van der Waals surface area contributed by atoms with E-state index >= 15 is 0 Å². The number of aromatic nitrogens is 1. The van der Waals surface area contributed by atoms with Crippen molar-refractivity contribution in [2.75, 3.05) is 25.5 Å². The molecule has 0 aliphatic carbocycles. The van der Waals surface area contributed by atoms with Gasteiger partial charge in [-0.1, -0.05) is 12.1 Å². The van der Waals surface area contributed by atoms with Crippen LogP contribution in [-0.2, 0) is 9.59 Å². The van der Waals surface area contributed by atoms with Crippen molar-refractivity contribution in [3.05, 3.63) is 48.5 Å². The predicted molar refractivity (Wildman–Crippen MR) is 113 cm³/mol. The molecule has 1 aromatic heterocycles. The highest BCUT2D eigenvalue weighted by Crippen LogP contribution is 2.30. The average molecular weight is 408 g/mol. The number of carbonyl (C=O) groups is 3. The SMILES string of the molecule is CN1CC(=O)N(CCCC(=O)Nc2ccc(-c3nc4ccccc4s3)cc2)C1=O. The summed E-state index contributed by atoms with van der Waals surface area (Å²) in [7, 11) is 1.59. The number of hydrogen-bond donors (Lipinski definition) is 1. The van der Waals surface area contributed by atoms with Crippen molar-refractivity contribution in [1.29, 1.82) is 0 Å². The van der Waals surface area contributed by atoms with Crippen LogP contribution >= 0.6 is 11.3 Å². The molecule has 29 heavy (non-hydrogen) atoms. The number of urea groups is 1. The summed E-state index contributed by atoms with van der Waals surface area (Å²) in [6.45, 7) is 0.359. The Bertz CT molecular complexity index is 1040. The van der Waals surface area contributed by atoms with Gasteiger partial charge in [-0.3, -0.25) is 14.5 Å². The Balaban J connectivity index is 1.31. The van der Waals surface area contributed by atoms with Crippen LogP contribution < -0.4 is 5.32 Å². The van der Waals surface area contributed by atoms with Crippen LogP contribution in [-0.4, -0.2) is 52.8 Å². The van der Waals surface area contributed by atoms with E-state index in [0.29, 0.717) is 12.1 Å². The molecule has 4 rings (SSSR count). The first-order valence-electron chi connectivity index (χ1n) is 9.32. The number of anilines is 1. The molecule has 1 aliphatic heterocycles. The Kier molecular flexibility index (Phi) is 5.26. The van der Waals surface area contributed by atoms with Crippen LogP contribution in [0, 0.1) is 0 Å². The third-order valence-electron chi connectivity index (χ3n) is 4.73. The van der Waals surface area contributed by atoms with Crippen molar-refractivity contribution in [2.45, 2.75) is 12.8 Å². The number of thiazole rings is 1. The second-order valence-corrected chi connectivity index (χ2v) is 7.93. The molecule has 3 aromatic rings. The van der Waals surface area contributed by atoms with E-state index in [4.69, 9.17) is 0 Å².